The maximum Gasteiger partial charge on any atom is 0.189 e. The Kier molecular flexibility index (Phi) is 5.85. The van der Waals surface area contributed by atoms with Crippen molar-refractivity contribution in [2.45, 2.75) is 38.9 Å². The number of hydrogen-bond donors (Lipinski definition) is 3. The zero-order valence-corrected chi connectivity index (χ0v) is 17.3. The molecule has 3 rings (SSSR count). The van der Waals surface area contributed by atoms with Gasteiger partial charge in [-0.05, 0) is 62.8 Å². The first-order valence-corrected chi connectivity index (χ1v) is 9.69. The van der Waals surface area contributed by atoms with Crippen LogP contribution in [0.5, 0.6) is 17.2 Å². The number of phenols is 2. The van der Waals surface area contributed by atoms with E-state index in [0.717, 1.165) is 16.9 Å². The lowest BCUT2D eigenvalue weighted by Gasteiger charge is -2.27. The third-order valence-corrected chi connectivity index (χ3v) is 4.99. The van der Waals surface area contributed by atoms with Crippen molar-refractivity contribution in [1.82, 2.24) is 0 Å². The summed E-state index contributed by atoms with van der Waals surface area (Å²) < 4.78 is 5.90. The highest BCUT2D eigenvalue weighted by Gasteiger charge is 2.22. The van der Waals surface area contributed by atoms with Crippen molar-refractivity contribution in [3.63, 3.8) is 0 Å². The number of ketones is 1. The van der Waals surface area contributed by atoms with Gasteiger partial charge in [-0.1, -0.05) is 30.4 Å². The molecule has 0 bridgehead atoms. The first-order valence-electron chi connectivity index (χ1n) is 9.69. The Morgan fingerprint density at radius 2 is 1.97 bits per heavy atom. The Bertz CT molecular complexity index is 1060. The van der Waals surface area contributed by atoms with E-state index in [1.165, 1.54) is 18.2 Å². The molecule has 0 aromatic heterocycles. The van der Waals surface area contributed by atoms with Crippen molar-refractivity contribution in [3.05, 3.63) is 76.9 Å². The number of ether oxygens (including phenoxy) is 1. The van der Waals surface area contributed by atoms with Crippen molar-refractivity contribution in [2.24, 2.45) is 0 Å². The summed E-state index contributed by atoms with van der Waals surface area (Å²) in [5.74, 6) is -0.154. The smallest absolute Gasteiger partial charge is 0.189 e. The van der Waals surface area contributed by atoms with E-state index < -0.39 is 11.9 Å². The van der Waals surface area contributed by atoms with Gasteiger partial charge >= 0.3 is 0 Å². The lowest BCUT2D eigenvalue weighted by molar-refractivity contribution is 0.104. The number of allylic oxidation sites excluding steroid dienone is 1. The molecule has 0 saturated heterocycles. The molecule has 2 aromatic carbocycles. The van der Waals surface area contributed by atoms with Crippen LogP contribution in [0.4, 0.5) is 0 Å². The third kappa shape index (κ3) is 4.63. The number of benzene rings is 2. The molecular weight excluding hydrogens is 380 g/mol. The molecule has 0 amide bonds. The molecule has 30 heavy (non-hydrogen) atoms. The third-order valence-electron chi connectivity index (χ3n) is 4.99. The minimum Gasteiger partial charge on any atom is -0.508 e. The number of aromatic hydroxyl groups is 2. The van der Waals surface area contributed by atoms with Crippen molar-refractivity contribution < 1.29 is 24.9 Å². The fourth-order valence-corrected chi connectivity index (χ4v) is 3.16. The number of rotatable bonds is 6. The number of aliphatic hydroxyl groups excluding tert-OH is 1. The standard InChI is InChI=1S/C25H26O5/c1-15(2)22(28)14-19-21(27)9-7-18(24(19)29)20(26)8-5-16-6-10-23-17(13-16)11-12-25(3,4)30-23/h5-13,22,27-29H,1,14H2,2-4H3. The van der Waals surface area contributed by atoms with Gasteiger partial charge in [-0.2, -0.15) is 0 Å². The predicted molar refractivity (Wildman–Crippen MR) is 118 cm³/mol. The Labute approximate surface area is 176 Å². The zero-order valence-electron chi connectivity index (χ0n) is 17.3. The lowest BCUT2D eigenvalue weighted by Crippen LogP contribution is -2.27. The minimum absolute atomic E-state index is 0.0364. The number of aliphatic hydroxyl groups is 1. The maximum atomic E-state index is 12.6. The molecule has 0 saturated carbocycles. The molecule has 0 radical (unpaired) electrons. The first-order chi connectivity index (χ1) is 14.1. The molecule has 2 aromatic rings. The van der Waals surface area contributed by atoms with Gasteiger partial charge in [0.2, 0.25) is 0 Å². The van der Waals surface area contributed by atoms with E-state index in [9.17, 15) is 20.1 Å². The Morgan fingerprint density at radius 1 is 1.23 bits per heavy atom. The summed E-state index contributed by atoms with van der Waals surface area (Å²) in [7, 11) is 0. The van der Waals surface area contributed by atoms with Crippen LogP contribution in [0.1, 0.15) is 47.8 Å². The first kappa shape index (κ1) is 21.4. The van der Waals surface area contributed by atoms with Crippen molar-refractivity contribution in [1.29, 1.82) is 0 Å². The van der Waals surface area contributed by atoms with E-state index in [1.54, 1.807) is 13.0 Å². The van der Waals surface area contributed by atoms with Crippen molar-refractivity contribution >= 4 is 17.9 Å². The molecule has 1 atom stereocenters. The van der Waals surface area contributed by atoms with Gasteiger partial charge in [0.15, 0.2) is 5.78 Å². The molecule has 1 aliphatic rings. The summed E-state index contributed by atoms with van der Waals surface area (Å²) in [6.07, 6.45) is 6.02. The molecule has 0 spiro atoms. The summed E-state index contributed by atoms with van der Waals surface area (Å²) in [6.45, 7) is 9.27. The van der Waals surface area contributed by atoms with Crippen LogP contribution in [0, 0.1) is 0 Å². The fourth-order valence-electron chi connectivity index (χ4n) is 3.16. The highest BCUT2D eigenvalue weighted by atomic mass is 16.5. The van der Waals surface area contributed by atoms with Crippen LogP contribution in [0.25, 0.3) is 12.2 Å². The topological polar surface area (TPSA) is 87.0 Å². The van der Waals surface area contributed by atoms with Gasteiger partial charge in [0.25, 0.3) is 0 Å². The number of carbonyl (C=O) groups is 1. The molecule has 156 valence electrons. The van der Waals surface area contributed by atoms with E-state index in [4.69, 9.17) is 4.74 Å². The monoisotopic (exact) mass is 406 g/mol. The van der Waals surface area contributed by atoms with Crippen LogP contribution in [0.15, 0.2) is 54.6 Å². The van der Waals surface area contributed by atoms with E-state index in [2.05, 4.69) is 6.58 Å². The zero-order chi connectivity index (χ0) is 22.1. The summed E-state index contributed by atoms with van der Waals surface area (Å²) in [5, 5.41) is 30.5. The van der Waals surface area contributed by atoms with Gasteiger partial charge < -0.3 is 20.1 Å². The average Bonchev–Trinajstić information content (AvgIpc) is 2.68. The number of carbonyl (C=O) groups excluding carboxylic acids is 1. The minimum atomic E-state index is -0.932. The van der Waals surface area contributed by atoms with E-state index >= 15 is 0 Å². The van der Waals surface area contributed by atoms with Gasteiger partial charge in [-0.3, -0.25) is 4.79 Å². The normalized spacial score (nSPS) is 15.5. The second-order valence-electron chi connectivity index (χ2n) is 8.06. The summed E-state index contributed by atoms with van der Waals surface area (Å²) in [6, 6.07) is 8.32. The molecular formula is C25H26O5. The van der Waals surface area contributed by atoms with Crippen molar-refractivity contribution in [3.8, 4) is 17.2 Å². The Hall–Kier alpha value is -3.31. The molecule has 1 heterocycles. The fraction of sp³-hybridized carbons (Fsp3) is 0.240. The van der Waals surface area contributed by atoms with Crippen LogP contribution in [-0.2, 0) is 6.42 Å². The number of fused-ring (bicyclic) bond motifs is 1. The molecule has 1 aliphatic heterocycles. The molecule has 5 nitrogen and oxygen atoms in total. The Morgan fingerprint density at radius 3 is 2.67 bits per heavy atom. The SMILES string of the molecule is C=C(C)C(O)Cc1c(O)ccc(C(=O)C=Cc2ccc3c(c2)C=CC(C)(C)O3)c1O. The average molecular weight is 406 g/mol. The van der Waals surface area contributed by atoms with E-state index in [1.807, 2.05) is 44.2 Å². The molecule has 0 fully saturated rings. The Balaban J connectivity index is 1.83. The van der Waals surface area contributed by atoms with E-state index in [0.29, 0.717) is 5.57 Å². The quantitative estimate of drug-likeness (QED) is 0.369. The highest BCUT2D eigenvalue weighted by molar-refractivity contribution is 6.09. The number of phenolic OH excluding ortho intramolecular Hbond substituents is 2. The van der Waals surface area contributed by atoms with E-state index in [-0.39, 0.29) is 34.6 Å². The molecule has 3 N–H and O–H groups in total. The molecule has 5 heteroatoms. The summed E-state index contributed by atoms with van der Waals surface area (Å²) in [4.78, 5) is 12.6. The van der Waals surface area contributed by atoms with Gasteiger partial charge in [-0.25, -0.2) is 0 Å². The van der Waals surface area contributed by atoms with Crippen molar-refractivity contribution in [2.75, 3.05) is 0 Å². The number of hydrogen-bond acceptors (Lipinski definition) is 5. The predicted octanol–water partition coefficient (Wildman–Crippen LogP) is 4.66. The van der Waals surface area contributed by atoms with Gasteiger partial charge in [0.05, 0.1) is 11.7 Å². The van der Waals surface area contributed by atoms with Crippen LogP contribution >= 0.6 is 0 Å². The van der Waals surface area contributed by atoms with Crippen LogP contribution in [-0.4, -0.2) is 32.8 Å². The van der Waals surface area contributed by atoms with Gasteiger partial charge in [0, 0.05) is 17.5 Å². The second-order valence-corrected chi connectivity index (χ2v) is 8.06. The molecule has 1 unspecified atom stereocenters. The van der Waals surface area contributed by atoms with Crippen LogP contribution in [0.3, 0.4) is 0 Å². The second kappa shape index (κ2) is 8.20. The van der Waals surface area contributed by atoms with Crippen LogP contribution in [0.2, 0.25) is 0 Å². The lowest BCUT2D eigenvalue weighted by atomic mass is 9.97. The van der Waals surface area contributed by atoms with Gasteiger partial charge in [-0.15, -0.1) is 0 Å². The largest absolute Gasteiger partial charge is 0.508 e. The summed E-state index contributed by atoms with van der Waals surface area (Å²) >= 11 is 0. The maximum absolute atomic E-state index is 12.6. The van der Waals surface area contributed by atoms with Crippen LogP contribution < -0.4 is 4.74 Å². The molecule has 0 aliphatic carbocycles. The highest BCUT2D eigenvalue weighted by Crippen LogP contribution is 2.34. The summed E-state index contributed by atoms with van der Waals surface area (Å²) in [5.41, 5.74) is 2.05. The van der Waals surface area contributed by atoms with Gasteiger partial charge in [0.1, 0.15) is 22.8 Å².